The van der Waals surface area contributed by atoms with Gasteiger partial charge in [-0.15, -0.1) is 11.6 Å². The fourth-order valence-electron chi connectivity index (χ4n) is 1.88. The zero-order valence-electron chi connectivity index (χ0n) is 10.1. The quantitative estimate of drug-likeness (QED) is 0.784. The van der Waals surface area contributed by atoms with Crippen molar-refractivity contribution in [2.75, 3.05) is 11.9 Å². The Morgan fingerprint density at radius 2 is 1.89 bits per heavy atom. The van der Waals surface area contributed by atoms with Gasteiger partial charge in [0, 0.05) is 42.3 Å². The largest absolute Gasteiger partial charge is 0.370 e. The molecule has 1 aromatic carbocycles. The summed E-state index contributed by atoms with van der Waals surface area (Å²) in [6.45, 7) is 0.798. The Balaban J connectivity index is 2.24. The first-order chi connectivity index (χ1) is 8.72. The summed E-state index contributed by atoms with van der Waals surface area (Å²) in [5.74, 6) is 0.412. The highest BCUT2D eigenvalue weighted by Gasteiger charge is 2.10. The normalized spacial score (nSPS) is 10.4. The average Bonchev–Trinajstić information content (AvgIpc) is 2.39. The van der Waals surface area contributed by atoms with Crippen LogP contribution < -0.4 is 4.90 Å². The molecule has 0 amide bonds. The maximum Gasteiger partial charge on any atom is 0.0509 e. The lowest BCUT2D eigenvalue weighted by Gasteiger charge is -2.22. The zero-order chi connectivity index (χ0) is 13.0. The highest BCUT2D eigenvalue weighted by molar-refractivity contribution is 6.32. The molecule has 0 saturated carbocycles. The maximum absolute atomic E-state index is 6.16. The summed E-state index contributed by atoms with van der Waals surface area (Å²) in [6, 6.07) is 9.84. The van der Waals surface area contributed by atoms with Crippen molar-refractivity contribution in [2.24, 2.45) is 0 Å². The van der Waals surface area contributed by atoms with Gasteiger partial charge in [-0.3, -0.25) is 4.98 Å². The third-order valence-corrected chi connectivity index (χ3v) is 3.43. The molecule has 2 nitrogen and oxygen atoms in total. The monoisotopic (exact) mass is 280 g/mol. The lowest BCUT2D eigenvalue weighted by atomic mass is 10.1. The second kappa shape index (κ2) is 6.07. The summed E-state index contributed by atoms with van der Waals surface area (Å²) in [5.41, 5.74) is 3.24. The van der Waals surface area contributed by atoms with Crippen molar-refractivity contribution in [3.8, 4) is 0 Å². The predicted molar refractivity (Wildman–Crippen MR) is 77.4 cm³/mol. The fourth-order valence-corrected chi connectivity index (χ4v) is 2.47. The Labute approximate surface area is 117 Å². The van der Waals surface area contributed by atoms with Crippen LogP contribution in [0.3, 0.4) is 0 Å². The van der Waals surface area contributed by atoms with E-state index in [1.54, 1.807) is 12.4 Å². The smallest absolute Gasteiger partial charge is 0.0509 e. The van der Waals surface area contributed by atoms with Gasteiger partial charge in [0.15, 0.2) is 0 Å². The minimum Gasteiger partial charge on any atom is -0.370 e. The van der Waals surface area contributed by atoms with Crippen LogP contribution in [0.2, 0.25) is 5.02 Å². The molecule has 2 rings (SSSR count). The van der Waals surface area contributed by atoms with E-state index in [2.05, 4.69) is 9.88 Å². The SMILES string of the molecule is CN(Cc1ccncc1)c1cccc(Cl)c1CCl. The number of alkyl halides is 1. The standard InChI is InChI=1S/C14H14Cl2N2/c1-18(10-11-5-7-17-8-6-11)14-4-2-3-13(16)12(14)9-15/h2-8H,9-10H2,1H3. The van der Waals surface area contributed by atoms with Gasteiger partial charge in [-0.25, -0.2) is 0 Å². The number of nitrogens with zero attached hydrogens (tertiary/aromatic N) is 2. The Bertz CT molecular complexity index is 514. The molecule has 0 saturated heterocycles. The van der Waals surface area contributed by atoms with Gasteiger partial charge in [-0.2, -0.15) is 0 Å². The van der Waals surface area contributed by atoms with Crippen LogP contribution in [0, 0.1) is 0 Å². The molecule has 0 aliphatic heterocycles. The lowest BCUT2D eigenvalue weighted by Crippen LogP contribution is -2.17. The van der Waals surface area contributed by atoms with Crippen molar-refractivity contribution >= 4 is 28.9 Å². The lowest BCUT2D eigenvalue weighted by molar-refractivity contribution is 0.913. The first kappa shape index (κ1) is 13.2. The molecule has 18 heavy (non-hydrogen) atoms. The van der Waals surface area contributed by atoms with E-state index in [4.69, 9.17) is 23.2 Å². The van der Waals surface area contributed by atoms with Crippen LogP contribution in [0.1, 0.15) is 11.1 Å². The molecule has 0 N–H and O–H groups in total. The van der Waals surface area contributed by atoms with Gasteiger partial charge in [0.2, 0.25) is 0 Å². The summed E-state index contributed by atoms with van der Waals surface area (Å²) >= 11 is 12.1. The molecule has 4 heteroatoms. The number of benzene rings is 1. The Kier molecular flexibility index (Phi) is 4.45. The fraction of sp³-hybridized carbons (Fsp3) is 0.214. The molecule has 0 aliphatic rings. The van der Waals surface area contributed by atoms with E-state index in [1.807, 2.05) is 37.4 Å². The molecule has 0 atom stereocenters. The van der Waals surface area contributed by atoms with Crippen molar-refractivity contribution in [3.05, 3.63) is 58.9 Å². The van der Waals surface area contributed by atoms with E-state index < -0.39 is 0 Å². The van der Waals surface area contributed by atoms with Gasteiger partial charge in [-0.1, -0.05) is 17.7 Å². The predicted octanol–water partition coefficient (Wildman–Crippen LogP) is 4.11. The third kappa shape index (κ3) is 2.95. The average molecular weight is 281 g/mol. The van der Waals surface area contributed by atoms with E-state index in [9.17, 15) is 0 Å². The minimum atomic E-state index is 0.412. The molecule has 0 unspecified atom stereocenters. The van der Waals surface area contributed by atoms with E-state index in [0.29, 0.717) is 10.9 Å². The molecular weight excluding hydrogens is 267 g/mol. The van der Waals surface area contributed by atoms with Gasteiger partial charge < -0.3 is 4.90 Å². The third-order valence-electron chi connectivity index (χ3n) is 2.81. The molecule has 0 aliphatic carbocycles. The summed E-state index contributed by atoms with van der Waals surface area (Å²) in [5, 5.41) is 0.712. The van der Waals surface area contributed by atoms with E-state index in [1.165, 1.54) is 5.56 Å². The summed E-state index contributed by atoms with van der Waals surface area (Å²) < 4.78 is 0. The molecule has 0 radical (unpaired) electrons. The number of hydrogen-bond donors (Lipinski definition) is 0. The number of halogens is 2. The van der Waals surface area contributed by atoms with Gasteiger partial charge in [0.25, 0.3) is 0 Å². The molecule has 1 heterocycles. The van der Waals surface area contributed by atoms with Crippen LogP contribution in [-0.4, -0.2) is 12.0 Å². The van der Waals surface area contributed by atoms with Gasteiger partial charge in [0.05, 0.1) is 5.88 Å². The Hall–Kier alpha value is -1.25. The van der Waals surface area contributed by atoms with Gasteiger partial charge >= 0.3 is 0 Å². The second-order valence-electron chi connectivity index (χ2n) is 4.08. The molecule has 1 aromatic heterocycles. The first-order valence-corrected chi connectivity index (χ1v) is 6.57. The zero-order valence-corrected chi connectivity index (χ0v) is 11.6. The number of anilines is 1. The van der Waals surface area contributed by atoms with E-state index >= 15 is 0 Å². The van der Waals surface area contributed by atoms with Crippen molar-refractivity contribution in [1.82, 2.24) is 4.98 Å². The number of aromatic nitrogens is 1. The topological polar surface area (TPSA) is 16.1 Å². The van der Waals surface area contributed by atoms with Crippen molar-refractivity contribution < 1.29 is 0 Å². The van der Waals surface area contributed by atoms with Crippen LogP contribution in [0.4, 0.5) is 5.69 Å². The molecule has 0 fully saturated rings. The van der Waals surface area contributed by atoms with Gasteiger partial charge in [0.1, 0.15) is 0 Å². The minimum absolute atomic E-state index is 0.412. The van der Waals surface area contributed by atoms with Crippen molar-refractivity contribution in [2.45, 2.75) is 12.4 Å². The van der Waals surface area contributed by atoms with Crippen LogP contribution in [0.25, 0.3) is 0 Å². The Morgan fingerprint density at radius 3 is 2.56 bits per heavy atom. The maximum atomic E-state index is 6.16. The molecule has 0 spiro atoms. The molecular formula is C14H14Cl2N2. The molecule has 0 bridgehead atoms. The van der Waals surface area contributed by atoms with Crippen LogP contribution in [-0.2, 0) is 12.4 Å². The molecule has 2 aromatic rings. The van der Waals surface area contributed by atoms with Crippen LogP contribution in [0.5, 0.6) is 0 Å². The summed E-state index contributed by atoms with van der Waals surface area (Å²) in [6.07, 6.45) is 3.59. The second-order valence-corrected chi connectivity index (χ2v) is 4.76. The number of rotatable bonds is 4. The van der Waals surface area contributed by atoms with Crippen molar-refractivity contribution in [1.29, 1.82) is 0 Å². The van der Waals surface area contributed by atoms with E-state index in [-0.39, 0.29) is 0 Å². The Morgan fingerprint density at radius 1 is 1.17 bits per heavy atom. The van der Waals surface area contributed by atoms with Crippen molar-refractivity contribution in [3.63, 3.8) is 0 Å². The number of hydrogen-bond acceptors (Lipinski definition) is 2. The first-order valence-electron chi connectivity index (χ1n) is 5.65. The molecule has 94 valence electrons. The summed E-state index contributed by atoms with van der Waals surface area (Å²) in [7, 11) is 2.03. The summed E-state index contributed by atoms with van der Waals surface area (Å²) in [4.78, 5) is 6.15. The van der Waals surface area contributed by atoms with E-state index in [0.717, 1.165) is 17.8 Å². The highest BCUT2D eigenvalue weighted by Crippen LogP contribution is 2.29. The van der Waals surface area contributed by atoms with Crippen LogP contribution in [0.15, 0.2) is 42.7 Å². The number of pyridine rings is 1. The highest BCUT2D eigenvalue weighted by atomic mass is 35.5. The van der Waals surface area contributed by atoms with Crippen LogP contribution >= 0.6 is 23.2 Å². The van der Waals surface area contributed by atoms with Gasteiger partial charge in [-0.05, 0) is 29.8 Å².